The monoisotopic (exact) mass is 332 g/mol. The normalized spacial score (nSPS) is 10.6. The van der Waals surface area contributed by atoms with Gasteiger partial charge in [0.15, 0.2) is 0 Å². The third kappa shape index (κ3) is 2.17. The first-order chi connectivity index (χ1) is 9.42. The number of aromatic amines is 1. The number of aromatic nitrogens is 3. The predicted molar refractivity (Wildman–Crippen MR) is 74.5 cm³/mol. The fourth-order valence-corrected chi connectivity index (χ4v) is 2.23. The second kappa shape index (κ2) is 5.43. The molecule has 0 atom stereocenters. The molecule has 0 aliphatic carbocycles. The van der Waals surface area contributed by atoms with E-state index in [0.29, 0.717) is 0 Å². The predicted octanol–water partition coefficient (Wildman–Crippen LogP) is 3.38. The van der Waals surface area contributed by atoms with Crippen LogP contribution >= 0.6 is 0 Å². The van der Waals surface area contributed by atoms with Crippen molar-refractivity contribution in [1.29, 1.82) is 0 Å². The van der Waals surface area contributed by atoms with Crippen LogP contribution in [0, 0.1) is 12.1 Å². The number of hydrogen-bond acceptors (Lipinski definition) is 2. The Morgan fingerprint density at radius 2 is 1.90 bits per heavy atom. The Balaban J connectivity index is 0.00000121. The van der Waals surface area contributed by atoms with Gasteiger partial charge in [-0.3, -0.25) is 4.98 Å². The Bertz CT molecular complexity index is 869. The van der Waals surface area contributed by atoms with Gasteiger partial charge < -0.3 is 9.97 Å². The summed E-state index contributed by atoms with van der Waals surface area (Å²) in [6.45, 7) is 0. The molecule has 1 radical (unpaired) electrons. The van der Waals surface area contributed by atoms with Crippen molar-refractivity contribution >= 4 is 21.8 Å². The number of rotatable bonds is 1. The fourth-order valence-electron chi connectivity index (χ4n) is 2.23. The fraction of sp³-hybridized carbons (Fsp3) is 0. The average Bonchev–Trinajstić information content (AvgIpc) is 3.01. The molecule has 4 heteroatoms. The summed E-state index contributed by atoms with van der Waals surface area (Å²) in [5.74, 6) is 0. The molecule has 0 fully saturated rings. The molecule has 0 aliphatic heterocycles. The summed E-state index contributed by atoms with van der Waals surface area (Å²) in [4.78, 5) is 12.2. The van der Waals surface area contributed by atoms with Gasteiger partial charge in [0.25, 0.3) is 0 Å². The SMILES string of the molecule is [Y].[c-]1cc2ccc3cccnc3c2nc1-c1[c-]cc[nH]1. The van der Waals surface area contributed by atoms with E-state index in [4.69, 9.17) is 0 Å². The molecular weight excluding hydrogens is 323 g/mol. The zero-order valence-corrected chi connectivity index (χ0v) is 13.4. The molecule has 3 nitrogen and oxygen atoms in total. The minimum atomic E-state index is 0. The first-order valence-corrected chi connectivity index (χ1v) is 6.03. The van der Waals surface area contributed by atoms with E-state index in [1.165, 1.54) is 0 Å². The van der Waals surface area contributed by atoms with E-state index < -0.39 is 0 Å². The number of nitrogens with zero attached hydrogens (tertiary/aromatic N) is 2. The van der Waals surface area contributed by atoms with E-state index in [9.17, 15) is 0 Å². The van der Waals surface area contributed by atoms with Gasteiger partial charge in [-0.2, -0.15) is 17.8 Å². The van der Waals surface area contributed by atoms with Crippen LogP contribution in [-0.4, -0.2) is 15.0 Å². The summed E-state index contributed by atoms with van der Waals surface area (Å²) in [6, 6.07) is 18.1. The molecule has 0 unspecified atom stereocenters. The molecule has 0 amide bonds. The summed E-state index contributed by atoms with van der Waals surface area (Å²) < 4.78 is 0. The van der Waals surface area contributed by atoms with Crippen LogP contribution in [0.1, 0.15) is 0 Å². The summed E-state index contributed by atoms with van der Waals surface area (Å²) in [6.07, 6.45) is 3.62. The maximum absolute atomic E-state index is 4.67. The molecule has 0 saturated heterocycles. The molecule has 3 aromatic heterocycles. The van der Waals surface area contributed by atoms with Crippen LogP contribution in [-0.2, 0) is 32.7 Å². The largest absolute Gasteiger partial charge is 0.486 e. The van der Waals surface area contributed by atoms with Crippen LogP contribution < -0.4 is 0 Å². The number of nitrogens with one attached hydrogen (secondary N) is 1. The minimum absolute atomic E-state index is 0. The second-order valence-electron chi connectivity index (χ2n) is 4.32. The van der Waals surface area contributed by atoms with Gasteiger partial charge in [0.05, 0.1) is 5.52 Å². The Morgan fingerprint density at radius 1 is 1.00 bits per heavy atom. The van der Waals surface area contributed by atoms with Gasteiger partial charge in [-0.05, 0) is 6.07 Å². The zero-order valence-electron chi connectivity index (χ0n) is 10.6. The summed E-state index contributed by atoms with van der Waals surface area (Å²) in [5, 5.41) is 2.14. The van der Waals surface area contributed by atoms with Crippen LogP contribution in [0.25, 0.3) is 33.2 Å². The standard InChI is InChI=1S/C16H9N3.Y/c1-3-11-5-6-12-7-8-14(13-4-2-9-17-13)19-16(12)15(11)18-10-1;/h1-3,5-7,9-10,17H;/q-2;. The molecule has 0 bridgehead atoms. The van der Waals surface area contributed by atoms with Crippen molar-refractivity contribution in [3.05, 3.63) is 60.9 Å². The molecule has 20 heavy (non-hydrogen) atoms. The molecular formula is C16H9N3Y-2. The summed E-state index contributed by atoms with van der Waals surface area (Å²) in [5.41, 5.74) is 3.42. The van der Waals surface area contributed by atoms with Crippen molar-refractivity contribution < 1.29 is 32.7 Å². The summed E-state index contributed by atoms with van der Waals surface area (Å²) in [7, 11) is 0. The molecule has 4 rings (SSSR count). The summed E-state index contributed by atoms with van der Waals surface area (Å²) >= 11 is 0. The number of hydrogen-bond donors (Lipinski definition) is 1. The van der Waals surface area contributed by atoms with Crippen molar-refractivity contribution in [2.45, 2.75) is 0 Å². The van der Waals surface area contributed by atoms with E-state index in [-0.39, 0.29) is 32.7 Å². The van der Waals surface area contributed by atoms with E-state index in [0.717, 1.165) is 33.2 Å². The van der Waals surface area contributed by atoms with Crippen molar-refractivity contribution in [3.8, 4) is 11.4 Å². The van der Waals surface area contributed by atoms with Gasteiger partial charge in [0, 0.05) is 49.8 Å². The molecule has 3 heterocycles. The minimum Gasteiger partial charge on any atom is -0.486 e. The molecule has 93 valence electrons. The maximum atomic E-state index is 4.67. The van der Waals surface area contributed by atoms with Crippen molar-refractivity contribution in [2.24, 2.45) is 0 Å². The third-order valence-corrected chi connectivity index (χ3v) is 3.14. The van der Waals surface area contributed by atoms with Gasteiger partial charge in [0.1, 0.15) is 0 Å². The molecule has 0 spiro atoms. The quantitative estimate of drug-likeness (QED) is 0.429. The van der Waals surface area contributed by atoms with Gasteiger partial charge in [-0.15, -0.1) is 18.0 Å². The Morgan fingerprint density at radius 3 is 2.75 bits per heavy atom. The first kappa shape index (κ1) is 13.4. The first-order valence-electron chi connectivity index (χ1n) is 6.03. The third-order valence-electron chi connectivity index (χ3n) is 3.14. The number of H-pyrrole nitrogens is 1. The smallest absolute Gasteiger partial charge is 0.0826 e. The molecule has 0 saturated carbocycles. The zero-order chi connectivity index (χ0) is 12.7. The van der Waals surface area contributed by atoms with Crippen LogP contribution in [0.4, 0.5) is 0 Å². The van der Waals surface area contributed by atoms with Gasteiger partial charge in [-0.1, -0.05) is 17.5 Å². The Hall–Kier alpha value is -1.58. The van der Waals surface area contributed by atoms with Crippen molar-refractivity contribution in [1.82, 2.24) is 15.0 Å². The van der Waals surface area contributed by atoms with Crippen molar-refractivity contribution in [3.63, 3.8) is 0 Å². The van der Waals surface area contributed by atoms with E-state index >= 15 is 0 Å². The van der Waals surface area contributed by atoms with Gasteiger partial charge in [0.2, 0.25) is 0 Å². The molecule has 4 aromatic rings. The van der Waals surface area contributed by atoms with Crippen LogP contribution in [0.2, 0.25) is 0 Å². The molecule has 1 aromatic carbocycles. The van der Waals surface area contributed by atoms with E-state index in [1.807, 2.05) is 36.5 Å². The van der Waals surface area contributed by atoms with Gasteiger partial charge in [-0.25, -0.2) is 12.1 Å². The van der Waals surface area contributed by atoms with Crippen LogP contribution in [0.5, 0.6) is 0 Å². The molecule has 1 N–H and O–H groups in total. The number of benzene rings is 1. The van der Waals surface area contributed by atoms with Crippen LogP contribution in [0.15, 0.2) is 48.8 Å². The maximum Gasteiger partial charge on any atom is 0.0826 e. The second-order valence-corrected chi connectivity index (χ2v) is 4.32. The Labute approximate surface area is 141 Å². The topological polar surface area (TPSA) is 41.6 Å². The number of fused-ring (bicyclic) bond motifs is 3. The van der Waals surface area contributed by atoms with E-state index in [1.54, 1.807) is 6.20 Å². The van der Waals surface area contributed by atoms with Crippen molar-refractivity contribution in [2.75, 3.05) is 0 Å². The van der Waals surface area contributed by atoms with E-state index in [2.05, 4.69) is 33.2 Å². The molecule has 0 aliphatic rings. The number of pyridine rings is 2. The Kier molecular flexibility index (Phi) is 3.64. The van der Waals surface area contributed by atoms with Crippen LogP contribution in [0.3, 0.4) is 0 Å². The van der Waals surface area contributed by atoms with Gasteiger partial charge >= 0.3 is 0 Å². The average molecular weight is 332 g/mol.